The highest BCUT2D eigenvalue weighted by Gasteiger charge is 2.13. The van der Waals surface area contributed by atoms with Gasteiger partial charge < -0.3 is 11.5 Å². The van der Waals surface area contributed by atoms with E-state index in [0.717, 1.165) is 21.2 Å². The SMILES string of the molecule is CS(=O)(=O)O.NC(N)=NC(=O)c1cc2c(-c3cccc(Cl)c3)cccc2s1. The van der Waals surface area contributed by atoms with Crippen LogP contribution in [-0.4, -0.2) is 31.1 Å². The molecule has 3 rings (SSSR count). The lowest BCUT2D eigenvalue weighted by Crippen LogP contribution is -2.24. The van der Waals surface area contributed by atoms with Crippen molar-refractivity contribution in [1.82, 2.24) is 0 Å². The molecule has 2 aromatic carbocycles. The van der Waals surface area contributed by atoms with E-state index in [-0.39, 0.29) is 5.96 Å². The largest absolute Gasteiger partial charge is 0.370 e. The summed E-state index contributed by atoms with van der Waals surface area (Å²) in [7, 11) is -3.67. The third-order valence-electron chi connectivity index (χ3n) is 3.14. The fraction of sp³-hybridized carbons (Fsp3) is 0.0588. The van der Waals surface area contributed by atoms with Gasteiger partial charge in [-0.2, -0.15) is 13.4 Å². The first-order chi connectivity index (χ1) is 12.5. The second-order valence-corrected chi connectivity index (χ2v) is 8.40. The van der Waals surface area contributed by atoms with Crippen molar-refractivity contribution in [2.45, 2.75) is 0 Å². The molecule has 1 aromatic heterocycles. The number of nitrogens with zero attached hydrogens (tertiary/aromatic N) is 1. The molecule has 5 N–H and O–H groups in total. The highest BCUT2D eigenvalue weighted by molar-refractivity contribution is 7.85. The number of guanidine groups is 1. The molecule has 1 amide bonds. The minimum Gasteiger partial charge on any atom is -0.370 e. The molecule has 0 saturated carbocycles. The zero-order valence-corrected chi connectivity index (χ0v) is 16.5. The Balaban J connectivity index is 0.000000465. The van der Waals surface area contributed by atoms with Gasteiger partial charge in [-0.1, -0.05) is 35.9 Å². The Labute approximate surface area is 165 Å². The summed E-state index contributed by atoms with van der Waals surface area (Å²) >= 11 is 7.42. The normalized spacial score (nSPS) is 10.8. The smallest absolute Gasteiger partial charge is 0.290 e. The lowest BCUT2D eigenvalue weighted by molar-refractivity contribution is 0.101. The van der Waals surface area contributed by atoms with Crippen LogP contribution >= 0.6 is 22.9 Å². The van der Waals surface area contributed by atoms with Crippen molar-refractivity contribution in [3.05, 3.63) is 58.4 Å². The molecule has 0 aliphatic carbocycles. The maximum atomic E-state index is 12.0. The van der Waals surface area contributed by atoms with Crippen LogP contribution in [0.15, 0.2) is 53.5 Å². The van der Waals surface area contributed by atoms with E-state index in [9.17, 15) is 13.2 Å². The number of hydrogen-bond acceptors (Lipinski definition) is 4. The lowest BCUT2D eigenvalue weighted by Gasteiger charge is -2.03. The number of thiophene rings is 1. The quantitative estimate of drug-likeness (QED) is 0.328. The number of aliphatic imine (C=N–C) groups is 1. The van der Waals surface area contributed by atoms with Gasteiger partial charge in [0, 0.05) is 15.1 Å². The van der Waals surface area contributed by atoms with Gasteiger partial charge in [-0.3, -0.25) is 9.35 Å². The number of halogens is 1. The maximum Gasteiger partial charge on any atom is 0.290 e. The van der Waals surface area contributed by atoms with Crippen LogP contribution in [0.4, 0.5) is 0 Å². The topological polar surface area (TPSA) is 136 Å². The molecule has 142 valence electrons. The van der Waals surface area contributed by atoms with E-state index < -0.39 is 16.0 Å². The lowest BCUT2D eigenvalue weighted by atomic mass is 10.0. The fourth-order valence-electron chi connectivity index (χ4n) is 2.25. The third kappa shape index (κ3) is 6.33. The zero-order chi connectivity index (χ0) is 20.2. The average Bonchev–Trinajstić information content (AvgIpc) is 2.96. The van der Waals surface area contributed by atoms with Crippen molar-refractivity contribution in [2.75, 3.05) is 6.26 Å². The number of nitrogens with two attached hydrogens (primary N) is 2. The van der Waals surface area contributed by atoms with Gasteiger partial charge in [0.05, 0.1) is 11.1 Å². The van der Waals surface area contributed by atoms with Crippen molar-refractivity contribution in [3.8, 4) is 11.1 Å². The highest BCUT2D eigenvalue weighted by Crippen LogP contribution is 2.35. The van der Waals surface area contributed by atoms with Gasteiger partial charge in [0.25, 0.3) is 16.0 Å². The molecule has 0 bridgehead atoms. The Kier molecular flexibility index (Phi) is 6.55. The summed E-state index contributed by atoms with van der Waals surface area (Å²) in [5.41, 5.74) is 12.5. The van der Waals surface area contributed by atoms with Crippen LogP contribution in [0.1, 0.15) is 9.67 Å². The number of fused-ring (bicyclic) bond motifs is 1. The number of hydrogen-bond donors (Lipinski definition) is 3. The minimum atomic E-state index is -3.67. The van der Waals surface area contributed by atoms with Gasteiger partial charge in [-0.25, -0.2) is 0 Å². The van der Waals surface area contributed by atoms with E-state index in [1.165, 1.54) is 11.3 Å². The van der Waals surface area contributed by atoms with Crippen LogP contribution in [-0.2, 0) is 10.1 Å². The molecule has 3 aromatic rings. The van der Waals surface area contributed by atoms with E-state index in [0.29, 0.717) is 16.2 Å². The summed E-state index contributed by atoms with van der Waals surface area (Å²) in [6, 6.07) is 15.3. The summed E-state index contributed by atoms with van der Waals surface area (Å²) < 4.78 is 26.9. The molecule has 0 radical (unpaired) electrons. The second-order valence-electron chi connectivity index (χ2n) is 5.41. The molecular weight excluding hydrogens is 410 g/mol. The third-order valence-corrected chi connectivity index (χ3v) is 4.46. The number of rotatable bonds is 2. The first kappa shape index (κ1) is 20.8. The van der Waals surface area contributed by atoms with Crippen molar-refractivity contribution in [3.63, 3.8) is 0 Å². The van der Waals surface area contributed by atoms with Gasteiger partial charge in [0.15, 0.2) is 5.96 Å². The Hall–Kier alpha value is -2.46. The molecule has 1 heterocycles. The fourth-order valence-corrected chi connectivity index (χ4v) is 3.41. The summed E-state index contributed by atoms with van der Waals surface area (Å²) in [4.78, 5) is 16.0. The molecule has 27 heavy (non-hydrogen) atoms. The monoisotopic (exact) mass is 425 g/mol. The molecule has 0 atom stereocenters. The first-order valence-electron chi connectivity index (χ1n) is 7.39. The van der Waals surface area contributed by atoms with Crippen molar-refractivity contribution in [2.24, 2.45) is 16.5 Å². The van der Waals surface area contributed by atoms with Gasteiger partial charge in [-0.05, 0) is 35.4 Å². The van der Waals surface area contributed by atoms with Gasteiger partial charge in [0.2, 0.25) is 0 Å². The molecule has 0 aliphatic heterocycles. The Morgan fingerprint density at radius 2 is 1.78 bits per heavy atom. The molecule has 0 fully saturated rings. The molecular formula is C17H16ClN3O4S2. The number of amides is 1. The molecule has 0 aliphatic rings. The summed E-state index contributed by atoms with van der Waals surface area (Å²) in [6.07, 6.45) is 0.715. The first-order valence-corrected chi connectivity index (χ1v) is 10.4. The predicted molar refractivity (Wildman–Crippen MR) is 110 cm³/mol. The van der Waals surface area contributed by atoms with Crippen LogP contribution in [0, 0.1) is 0 Å². The van der Waals surface area contributed by atoms with Crippen LogP contribution in [0.25, 0.3) is 21.2 Å². The van der Waals surface area contributed by atoms with Crippen LogP contribution in [0.2, 0.25) is 5.02 Å². The van der Waals surface area contributed by atoms with Gasteiger partial charge in [-0.15, -0.1) is 11.3 Å². The Morgan fingerprint density at radius 1 is 1.15 bits per heavy atom. The number of benzene rings is 2. The standard InChI is InChI=1S/C16H12ClN3OS.CH4O3S/c17-10-4-1-3-9(7-10)11-5-2-6-13-12(11)8-14(22-13)15(21)20-16(18)19;1-5(2,3)4/h1-8H,(H4,18,19,20,21);1H3,(H,2,3,4). The molecule has 10 heteroatoms. The van der Waals surface area contributed by atoms with E-state index in [1.54, 1.807) is 0 Å². The number of carbonyl (C=O) groups excluding carboxylic acids is 1. The van der Waals surface area contributed by atoms with Crippen LogP contribution in [0.5, 0.6) is 0 Å². The Morgan fingerprint density at radius 3 is 2.37 bits per heavy atom. The molecule has 0 spiro atoms. The van der Waals surface area contributed by atoms with Crippen molar-refractivity contribution in [1.29, 1.82) is 0 Å². The van der Waals surface area contributed by atoms with E-state index in [4.69, 9.17) is 27.6 Å². The van der Waals surface area contributed by atoms with E-state index in [1.807, 2.05) is 48.5 Å². The molecule has 0 saturated heterocycles. The van der Waals surface area contributed by atoms with Gasteiger partial charge in [0.1, 0.15) is 0 Å². The van der Waals surface area contributed by atoms with E-state index >= 15 is 0 Å². The van der Waals surface area contributed by atoms with Gasteiger partial charge >= 0.3 is 0 Å². The average molecular weight is 426 g/mol. The maximum absolute atomic E-state index is 12.0. The molecule has 7 nitrogen and oxygen atoms in total. The number of carbonyl (C=O) groups is 1. The summed E-state index contributed by atoms with van der Waals surface area (Å²) in [5.74, 6) is -0.671. The predicted octanol–water partition coefficient (Wildman–Crippen LogP) is 3.14. The summed E-state index contributed by atoms with van der Waals surface area (Å²) in [5, 5.41) is 1.64. The van der Waals surface area contributed by atoms with Crippen molar-refractivity contribution < 1.29 is 17.8 Å². The van der Waals surface area contributed by atoms with E-state index in [2.05, 4.69) is 4.99 Å². The van der Waals surface area contributed by atoms with Crippen molar-refractivity contribution >= 4 is 55.0 Å². The minimum absolute atomic E-state index is 0.238. The second kappa shape index (κ2) is 8.49. The van der Waals surface area contributed by atoms with Crippen LogP contribution < -0.4 is 11.5 Å². The Bertz CT molecular complexity index is 1110. The van der Waals surface area contributed by atoms with Crippen LogP contribution in [0.3, 0.4) is 0 Å². The summed E-state index contributed by atoms with van der Waals surface area (Å²) in [6.45, 7) is 0. The molecule has 0 unspecified atom stereocenters. The highest BCUT2D eigenvalue weighted by atomic mass is 35.5. The zero-order valence-electron chi connectivity index (χ0n) is 14.1.